The van der Waals surface area contributed by atoms with Gasteiger partial charge in [-0.15, -0.1) is 0 Å². The molecule has 0 spiro atoms. The molecule has 0 amide bonds. The second-order valence-corrected chi connectivity index (χ2v) is 10.5. The van der Waals surface area contributed by atoms with E-state index in [4.69, 9.17) is 9.72 Å². The number of benzene rings is 1. The van der Waals surface area contributed by atoms with Crippen molar-refractivity contribution in [3.05, 3.63) is 24.0 Å². The first-order valence-corrected chi connectivity index (χ1v) is 12.1. The molecule has 8 heteroatoms. The molecule has 2 fully saturated rings. The Hall–Kier alpha value is -1.48. The van der Waals surface area contributed by atoms with E-state index < -0.39 is 10.0 Å². The second-order valence-electron chi connectivity index (χ2n) is 8.58. The first-order chi connectivity index (χ1) is 13.9. The SMILES string of the molecule is CCn1c(CN2C[C@@H](C)C[C@H](C)C2)nc2cc(S(=O)(=O)N3CCOCC3)ccc21. The van der Waals surface area contributed by atoms with Gasteiger partial charge in [0.15, 0.2) is 0 Å². The first kappa shape index (κ1) is 20.8. The molecule has 0 radical (unpaired) electrons. The molecule has 4 rings (SSSR count). The van der Waals surface area contributed by atoms with E-state index in [-0.39, 0.29) is 0 Å². The van der Waals surface area contributed by atoms with Gasteiger partial charge in [0, 0.05) is 32.7 Å². The summed E-state index contributed by atoms with van der Waals surface area (Å²) in [6.07, 6.45) is 1.28. The van der Waals surface area contributed by atoms with Crippen LogP contribution in [0.25, 0.3) is 11.0 Å². The van der Waals surface area contributed by atoms with Crippen LogP contribution in [0.1, 0.15) is 33.0 Å². The summed E-state index contributed by atoms with van der Waals surface area (Å²) in [5, 5.41) is 0. The molecule has 7 nitrogen and oxygen atoms in total. The number of fused-ring (bicyclic) bond motifs is 1. The molecular formula is C21H32N4O3S. The number of likely N-dealkylation sites (tertiary alicyclic amines) is 1. The highest BCUT2D eigenvalue weighted by molar-refractivity contribution is 7.89. The van der Waals surface area contributed by atoms with Gasteiger partial charge in [-0.25, -0.2) is 13.4 Å². The number of hydrogen-bond acceptors (Lipinski definition) is 5. The normalized spacial score (nSPS) is 24.9. The summed E-state index contributed by atoms with van der Waals surface area (Å²) in [4.78, 5) is 7.66. The molecule has 0 unspecified atom stereocenters. The number of hydrogen-bond donors (Lipinski definition) is 0. The highest BCUT2D eigenvalue weighted by Gasteiger charge is 2.28. The van der Waals surface area contributed by atoms with E-state index in [0.29, 0.717) is 43.0 Å². The lowest BCUT2D eigenvalue weighted by atomic mass is 9.92. The molecule has 2 aromatic rings. The molecule has 0 aliphatic carbocycles. The largest absolute Gasteiger partial charge is 0.379 e. The molecule has 2 aliphatic heterocycles. The molecule has 0 N–H and O–H groups in total. The zero-order valence-electron chi connectivity index (χ0n) is 17.7. The van der Waals surface area contributed by atoms with Crippen molar-refractivity contribution >= 4 is 21.1 Å². The zero-order valence-corrected chi connectivity index (χ0v) is 18.5. The number of sulfonamides is 1. The van der Waals surface area contributed by atoms with Gasteiger partial charge in [0.2, 0.25) is 10.0 Å². The third kappa shape index (κ3) is 4.21. The molecular weight excluding hydrogens is 388 g/mol. The van der Waals surface area contributed by atoms with Gasteiger partial charge in [0.05, 0.1) is 35.7 Å². The quantitative estimate of drug-likeness (QED) is 0.744. The van der Waals surface area contributed by atoms with Gasteiger partial charge in [-0.1, -0.05) is 13.8 Å². The summed E-state index contributed by atoms with van der Waals surface area (Å²) in [6, 6.07) is 5.36. The number of ether oxygens (including phenoxy) is 1. The van der Waals surface area contributed by atoms with Crippen LogP contribution in [0.15, 0.2) is 23.1 Å². The van der Waals surface area contributed by atoms with Crippen LogP contribution in [0.2, 0.25) is 0 Å². The number of aryl methyl sites for hydroxylation is 1. The summed E-state index contributed by atoms with van der Waals surface area (Å²) in [5.41, 5.74) is 1.76. The molecule has 29 heavy (non-hydrogen) atoms. The highest BCUT2D eigenvalue weighted by Crippen LogP contribution is 2.26. The van der Waals surface area contributed by atoms with Crippen molar-refractivity contribution in [2.24, 2.45) is 11.8 Å². The summed E-state index contributed by atoms with van der Waals surface area (Å²) in [6.45, 7) is 12.3. The molecule has 2 saturated heterocycles. The lowest BCUT2D eigenvalue weighted by molar-refractivity contribution is 0.0730. The molecule has 1 aromatic carbocycles. The standard InChI is InChI=1S/C21H32N4O3S/c1-4-25-20-6-5-18(29(26,27)24-7-9-28-10-8-24)12-19(20)22-21(25)15-23-13-16(2)11-17(3)14-23/h5-6,12,16-17H,4,7-11,13-15H2,1-3H3/t16-,17-/m0/s1. The summed E-state index contributed by atoms with van der Waals surface area (Å²) in [5.74, 6) is 2.41. The third-order valence-electron chi connectivity index (χ3n) is 6.03. The van der Waals surface area contributed by atoms with Gasteiger partial charge >= 0.3 is 0 Å². The van der Waals surface area contributed by atoms with Crippen LogP contribution in [0.4, 0.5) is 0 Å². The lowest BCUT2D eigenvalue weighted by Gasteiger charge is -2.34. The molecule has 2 aliphatic rings. The Morgan fingerprint density at radius 2 is 1.83 bits per heavy atom. The Kier molecular flexibility index (Phi) is 5.97. The topological polar surface area (TPSA) is 67.7 Å². The smallest absolute Gasteiger partial charge is 0.243 e. The fourth-order valence-electron chi connectivity index (χ4n) is 4.85. The van der Waals surface area contributed by atoms with Gasteiger partial charge in [-0.3, -0.25) is 4.90 Å². The van der Waals surface area contributed by atoms with Crippen LogP contribution in [0.3, 0.4) is 0 Å². The van der Waals surface area contributed by atoms with E-state index in [1.54, 1.807) is 12.1 Å². The van der Waals surface area contributed by atoms with E-state index in [9.17, 15) is 8.42 Å². The minimum absolute atomic E-state index is 0.319. The van der Waals surface area contributed by atoms with E-state index >= 15 is 0 Å². The molecule has 2 atom stereocenters. The van der Waals surface area contributed by atoms with E-state index in [1.165, 1.54) is 10.7 Å². The van der Waals surface area contributed by atoms with Crippen LogP contribution >= 0.6 is 0 Å². The fourth-order valence-corrected chi connectivity index (χ4v) is 6.28. The van der Waals surface area contributed by atoms with E-state index in [0.717, 1.165) is 43.0 Å². The Labute approximate surface area is 173 Å². The summed E-state index contributed by atoms with van der Waals surface area (Å²) < 4.78 is 35.0. The highest BCUT2D eigenvalue weighted by atomic mass is 32.2. The van der Waals surface area contributed by atoms with Gasteiger partial charge in [0.1, 0.15) is 5.82 Å². The van der Waals surface area contributed by atoms with Crippen molar-refractivity contribution in [3.63, 3.8) is 0 Å². The van der Waals surface area contributed by atoms with Crippen LogP contribution in [-0.2, 0) is 27.8 Å². The lowest BCUT2D eigenvalue weighted by Crippen LogP contribution is -2.40. The zero-order chi connectivity index (χ0) is 20.6. The van der Waals surface area contributed by atoms with Crippen molar-refractivity contribution in [1.29, 1.82) is 0 Å². The summed E-state index contributed by atoms with van der Waals surface area (Å²) in [7, 11) is -3.51. The first-order valence-electron chi connectivity index (χ1n) is 10.7. The Bertz CT molecular complexity index is 956. The van der Waals surface area contributed by atoms with Crippen LogP contribution in [0.5, 0.6) is 0 Å². The molecule has 0 saturated carbocycles. The van der Waals surface area contributed by atoms with Crippen molar-refractivity contribution in [2.45, 2.75) is 45.2 Å². The van der Waals surface area contributed by atoms with Crippen molar-refractivity contribution in [1.82, 2.24) is 18.8 Å². The Morgan fingerprint density at radius 3 is 2.48 bits per heavy atom. The maximum absolute atomic E-state index is 13.0. The monoisotopic (exact) mass is 420 g/mol. The average Bonchev–Trinajstić information content (AvgIpc) is 3.03. The van der Waals surface area contributed by atoms with Crippen LogP contribution in [-0.4, -0.2) is 66.6 Å². The number of imidazole rings is 1. The van der Waals surface area contributed by atoms with E-state index in [2.05, 4.69) is 30.2 Å². The van der Waals surface area contributed by atoms with Crippen LogP contribution in [0, 0.1) is 11.8 Å². The van der Waals surface area contributed by atoms with Crippen molar-refractivity contribution < 1.29 is 13.2 Å². The number of aromatic nitrogens is 2. The number of nitrogens with zero attached hydrogens (tertiary/aromatic N) is 4. The summed E-state index contributed by atoms with van der Waals surface area (Å²) >= 11 is 0. The number of piperidine rings is 1. The number of rotatable bonds is 5. The molecule has 1 aromatic heterocycles. The molecule has 160 valence electrons. The van der Waals surface area contributed by atoms with Crippen LogP contribution < -0.4 is 0 Å². The Balaban J connectivity index is 1.64. The minimum Gasteiger partial charge on any atom is -0.379 e. The maximum atomic E-state index is 13.0. The predicted octanol–water partition coefficient (Wildman–Crippen LogP) is 2.56. The minimum atomic E-state index is -3.51. The molecule has 0 bridgehead atoms. The molecule has 3 heterocycles. The van der Waals surface area contributed by atoms with E-state index in [1.807, 2.05) is 6.07 Å². The third-order valence-corrected chi connectivity index (χ3v) is 7.93. The Morgan fingerprint density at radius 1 is 1.14 bits per heavy atom. The van der Waals surface area contributed by atoms with Gasteiger partial charge in [0.25, 0.3) is 0 Å². The van der Waals surface area contributed by atoms with Gasteiger partial charge < -0.3 is 9.30 Å². The maximum Gasteiger partial charge on any atom is 0.243 e. The number of morpholine rings is 1. The van der Waals surface area contributed by atoms with Crippen molar-refractivity contribution in [2.75, 3.05) is 39.4 Å². The second kappa shape index (κ2) is 8.34. The fraction of sp³-hybridized carbons (Fsp3) is 0.667. The average molecular weight is 421 g/mol. The van der Waals surface area contributed by atoms with Crippen molar-refractivity contribution in [3.8, 4) is 0 Å². The predicted molar refractivity (Wildman–Crippen MR) is 113 cm³/mol. The van der Waals surface area contributed by atoms with Gasteiger partial charge in [-0.05, 0) is 43.4 Å². The van der Waals surface area contributed by atoms with Gasteiger partial charge in [-0.2, -0.15) is 4.31 Å².